The van der Waals surface area contributed by atoms with Gasteiger partial charge in [-0.15, -0.1) is 12.4 Å². The number of halogens is 1. The third kappa shape index (κ3) is 10.1. The highest BCUT2D eigenvalue weighted by Gasteiger charge is 2.37. The van der Waals surface area contributed by atoms with Crippen molar-refractivity contribution >= 4 is 42.0 Å². The molecule has 0 bridgehead atoms. The van der Waals surface area contributed by atoms with Gasteiger partial charge in [-0.05, 0) is 38.0 Å². The number of amides is 4. The Morgan fingerprint density at radius 3 is 2.38 bits per heavy atom. The van der Waals surface area contributed by atoms with E-state index in [1.54, 1.807) is 0 Å². The zero-order chi connectivity index (χ0) is 23.6. The van der Waals surface area contributed by atoms with Gasteiger partial charge in [-0.2, -0.15) is 0 Å². The molecule has 10 N–H and O–H groups in total. The third-order valence-corrected chi connectivity index (χ3v) is 4.90. The number of likely N-dealkylation sites (tertiary alicyclic amines) is 1. The fraction of sp³-hybridized carbons (Fsp3) is 0.737. The lowest BCUT2D eigenvalue weighted by atomic mass is 10.0. The number of primary amides is 1. The van der Waals surface area contributed by atoms with Crippen LogP contribution in [0.5, 0.6) is 0 Å². The van der Waals surface area contributed by atoms with Gasteiger partial charge in [0.25, 0.3) is 0 Å². The Morgan fingerprint density at radius 2 is 1.81 bits per heavy atom. The zero-order valence-corrected chi connectivity index (χ0v) is 19.5. The van der Waals surface area contributed by atoms with Crippen LogP contribution < -0.4 is 33.6 Å². The minimum atomic E-state index is -0.871. The lowest BCUT2D eigenvalue weighted by Gasteiger charge is -2.29. The Hall–Kier alpha value is -2.60. The molecule has 1 heterocycles. The van der Waals surface area contributed by atoms with Crippen LogP contribution in [0.25, 0.3) is 0 Å². The molecule has 0 aromatic rings. The second-order valence-electron chi connectivity index (χ2n) is 8.12. The van der Waals surface area contributed by atoms with Crippen molar-refractivity contribution in [3.63, 3.8) is 0 Å². The summed E-state index contributed by atoms with van der Waals surface area (Å²) in [5.41, 5.74) is 21.7. The molecule has 0 saturated carbocycles. The summed E-state index contributed by atoms with van der Waals surface area (Å²) in [4.78, 5) is 54.4. The SMILES string of the molecule is CC(C)CC(N)C(=O)NC(CCCN=C(N)N)C(=O)N1CCCC1C(=O)NCC(N)=O.Cl. The Labute approximate surface area is 194 Å². The summed E-state index contributed by atoms with van der Waals surface area (Å²) in [7, 11) is 0. The van der Waals surface area contributed by atoms with Crippen molar-refractivity contribution in [3.05, 3.63) is 0 Å². The fourth-order valence-electron chi connectivity index (χ4n) is 3.45. The van der Waals surface area contributed by atoms with Gasteiger partial charge in [-0.3, -0.25) is 24.2 Å². The number of nitrogens with one attached hydrogen (secondary N) is 2. The van der Waals surface area contributed by atoms with Gasteiger partial charge in [0.05, 0.1) is 12.6 Å². The van der Waals surface area contributed by atoms with Gasteiger partial charge in [0.1, 0.15) is 12.1 Å². The van der Waals surface area contributed by atoms with Gasteiger partial charge in [-0.25, -0.2) is 0 Å². The number of rotatable bonds is 12. The van der Waals surface area contributed by atoms with E-state index >= 15 is 0 Å². The molecule has 0 aromatic heterocycles. The molecule has 0 spiro atoms. The standard InChI is InChI=1S/C19H36N8O4.ClH/c1-11(2)9-12(20)16(29)26-13(5-3-7-24-19(22)23)18(31)27-8-4-6-14(27)17(30)25-10-15(21)28;/h11-14H,3-10,20H2,1-2H3,(H2,21,28)(H,25,30)(H,26,29)(H4,22,23,24);1H. The first-order chi connectivity index (χ1) is 14.5. The zero-order valence-electron chi connectivity index (χ0n) is 18.7. The highest BCUT2D eigenvalue weighted by molar-refractivity contribution is 5.94. The van der Waals surface area contributed by atoms with E-state index in [0.717, 1.165) is 0 Å². The van der Waals surface area contributed by atoms with Gasteiger partial charge in [0, 0.05) is 13.1 Å². The number of aliphatic imine (C=N–C) groups is 1. The maximum atomic E-state index is 13.2. The molecule has 184 valence electrons. The Bertz CT molecular complexity index is 684. The first-order valence-electron chi connectivity index (χ1n) is 10.5. The quantitative estimate of drug-likeness (QED) is 0.105. The topological polar surface area (TPSA) is 212 Å². The minimum Gasteiger partial charge on any atom is -0.370 e. The number of hydrogen-bond acceptors (Lipinski definition) is 6. The monoisotopic (exact) mass is 476 g/mol. The van der Waals surface area contributed by atoms with Crippen molar-refractivity contribution in [1.29, 1.82) is 0 Å². The molecular weight excluding hydrogens is 440 g/mol. The number of carbonyl (C=O) groups is 4. The summed E-state index contributed by atoms with van der Waals surface area (Å²) in [5.74, 6) is -1.78. The number of carbonyl (C=O) groups excluding carboxylic acids is 4. The third-order valence-electron chi connectivity index (χ3n) is 4.90. The summed E-state index contributed by atoms with van der Waals surface area (Å²) in [6, 6.07) is -2.35. The largest absolute Gasteiger partial charge is 0.370 e. The molecule has 1 aliphatic rings. The first kappa shape index (κ1) is 29.4. The Morgan fingerprint density at radius 1 is 1.16 bits per heavy atom. The molecule has 0 radical (unpaired) electrons. The average molecular weight is 477 g/mol. The van der Waals surface area contributed by atoms with Gasteiger partial charge in [0.15, 0.2) is 5.96 Å². The van der Waals surface area contributed by atoms with E-state index in [2.05, 4.69) is 15.6 Å². The molecule has 3 atom stereocenters. The van der Waals surface area contributed by atoms with Crippen molar-refractivity contribution in [1.82, 2.24) is 15.5 Å². The summed E-state index contributed by atoms with van der Waals surface area (Å²) >= 11 is 0. The molecule has 13 heteroatoms. The number of nitrogens with two attached hydrogens (primary N) is 4. The van der Waals surface area contributed by atoms with E-state index in [-0.39, 0.29) is 43.2 Å². The van der Waals surface area contributed by atoms with Crippen molar-refractivity contribution in [3.8, 4) is 0 Å². The van der Waals surface area contributed by atoms with E-state index in [1.807, 2.05) is 13.8 Å². The number of guanidine groups is 1. The van der Waals surface area contributed by atoms with Crippen LogP contribution in [0.1, 0.15) is 46.0 Å². The van der Waals surface area contributed by atoms with Gasteiger partial charge in [-0.1, -0.05) is 13.8 Å². The molecule has 1 aliphatic heterocycles. The van der Waals surface area contributed by atoms with Crippen LogP contribution in [-0.2, 0) is 19.2 Å². The number of nitrogens with zero attached hydrogens (tertiary/aromatic N) is 2. The average Bonchev–Trinajstić information content (AvgIpc) is 3.16. The predicted octanol–water partition coefficient (Wildman–Crippen LogP) is -2.09. The van der Waals surface area contributed by atoms with E-state index in [4.69, 9.17) is 22.9 Å². The van der Waals surface area contributed by atoms with E-state index in [0.29, 0.717) is 38.8 Å². The van der Waals surface area contributed by atoms with Crippen LogP contribution in [0.15, 0.2) is 4.99 Å². The van der Waals surface area contributed by atoms with Gasteiger partial charge >= 0.3 is 0 Å². The molecule has 4 amide bonds. The summed E-state index contributed by atoms with van der Waals surface area (Å²) in [5, 5.41) is 5.16. The second kappa shape index (κ2) is 14.5. The van der Waals surface area contributed by atoms with Crippen LogP contribution >= 0.6 is 12.4 Å². The van der Waals surface area contributed by atoms with Crippen LogP contribution in [0.4, 0.5) is 0 Å². The molecule has 0 aliphatic carbocycles. The fourth-order valence-corrected chi connectivity index (χ4v) is 3.45. The van der Waals surface area contributed by atoms with Crippen molar-refractivity contribution in [2.45, 2.75) is 64.1 Å². The molecule has 3 unspecified atom stereocenters. The number of hydrogen-bond donors (Lipinski definition) is 6. The molecule has 12 nitrogen and oxygen atoms in total. The van der Waals surface area contributed by atoms with Crippen LogP contribution in [0.2, 0.25) is 0 Å². The molecular formula is C19H37ClN8O4. The molecule has 1 fully saturated rings. The highest BCUT2D eigenvalue weighted by atomic mass is 35.5. The molecule has 32 heavy (non-hydrogen) atoms. The van der Waals surface area contributed by atoms with Gasteiger partial charge in [0.2, 0.25) is 23.6 Å². The van der Waals surface area contributed by atoms with Crippen LogP contribution in [0.3, 0.4) is 0 Å². The smallest absolute Gasteiger partial charge is 0.245 e. The van der Waals surface area contributed by atoms with Crippen LogP contribution in [-0.4, -0.2) is 72.2 Å². The highest BCUT2D eigenvalue weighted by Crippen LogP contribution is 2.20. The predicted molar refractivity (Wildman–Crippen MR) is 123 cm³/mol. The summed E-state index contributed by atoms with van der Waals surface area (Å²) < 4.78 is 0. The van der Waals surface area contributed by atoms with Crippen molar-refractivity contribution in [2.75, 3.05) is 19.6 Å². The molecule has 0 aromatic carbocycles. The van der Waals surface area contributed by atoms with E-state index in [1.165, 1.54) is 4.90 Å². The first-order valence-corrected chi connectivity index (χ1v) is 10.5. The lowest BCUT2D eigenvalue weighted by Crippen LogP contribution is -2.56. The maximum absolute atomic E-state index is 13.2. The normalized spacial score (nSPS) is 17.1. The molecule has 1 saturated heterocycles. The lowest BCUT2D eigenvalue weighted by molar-refractivity contribution is -0.142. The summed E-state index contributed by atoms with van der Waals surface area (Å²) in [6.07, 6.45) is 2.28. The maximum Gasteiger partial charge on any atom is 0.245 e. The van der Waals surface area contributed by atoms with Crippen LogP contribution in [0, 0.1) is 5.92 Å². The van der Waals surface area contributed by atoms with Crippen molar-refractivity contribution < 1.29 is 19.2 Å². The van der Waals surface area contributed by atoms with Gasteiger partial charge < -0.3 is 38.5 Å². The Balaban J connectivity index is 0.00000961. The Kier molecular flexibility index (Phi) is 13.3. The van der Waals surface area contributed by atoms with Crippen molar-refractivity contribution in [2.24, 2.45) is 33.8 Å². The van der Waals surface area contributed by atoms with E-state index < -0.39 is 35.8 Å². The molecule has 1 rings (SSSR count). The summed E-state index contributed by atoms with van der Waals surface area (Å²) in [6.45, 7) is 4.25. The minimum absolute atomic E-state index is 0. The second-order valence-corrected chi connectivity index (χ2v) is 8.12. The van der Waals surface area contributed by atoms with E-state index in [9.17, 15) is 19.2 Å².